The van der Waals surface area contributed by atoms with E-state index in [1.54, 1.807) is 0 Å². The van der Waals surface area contributed by atoms with Crippen LogP contribution in [0.2, 0.25) is 0 Å². The molecule has 0 aliphatic carbocycles. The Morgan fingerprint density at radius 1 is 0.750 bits per heavy atom. The Labute approximate surface area is 70.6 Å². The van der Waals surface area contributed by atoms with Gasteiger partial charge < -0.3 is 0 Å². The van der Waals surface area contributed by atoms with Crippen LogP contribution < -0.4 is 0 Å². The molecule has 0 aromatic rings. The van der Waals surface area contributed by atoms with Crippen molar-refractivity contribution in [1.82, 2.24) is 0 Å². The molecule has 0 aliphatic heterocycles. The zero-order valence-corrected chi connectivity index (χ0v) is 8.63. The topological polar surface area (TPSA) is 0 Å². The van der Waals surface area contributed by atoms with Crippen molar-refractivity contribution in [3.05, 3.63) is 0 Å². The molecule has 0 spiro atoms. The average Bonchev–Trinajstić information content (AvgIpc) is 0. The minimum atomic E-state index is 0. The van der Waals surface area contributed by atoms with E-state index in [1.807, 2.05) is 0 Å². The Morgan fingerprint density at radius 2 is 0.750 bits per heavy atom. The third-order valence-corrected chi connectivity index (χ3v) is 0. The normalized spacial score (nSPS) is 0. The molecule has 0 atom stereocenters. The van der Waals surface area contributed by atoms with Gasteiger partial charge in [-0.15, -0.1) is 0 Å². The predicted octanol–water partition coefficient (Wildman–Crippen LogP) is -0.158. The van der Waals surface area contributed by atoms with E-state index >= 15 is 0 Å². The van der Waals surface area contributed by atoms with Crippen molar-refractivity contribution in [2.24, 2.45) is 0 Å². The van der Waals surface area contributed by atoms with Crippen molar-refractivity contribution >= 4 is 54.3 Å². The Morgan fingerprint density at radius 3 is 0.750 bits per heavy atom. The van der Waals surface area contributed by atoms with E-state index < -0.39 is 0 Å². The quantitative estimate of drug-likeness (QED) is 0.539. The van der Waals surface area contributed by atoms with Crippen LogP contribution >= 0.6 is 27.0 Å². The second-order valence-corrected chi connectivity index (χ2v) is 0. The molecule has 0 nitrogen and oxygen atoms in total. The first-order valence-corrected chi connectivity index (χ1v) is 0. The van der Waals surface area contributed by atoms with Gasteiger partial charge in [-0.05, 0) is 0 Å². The predicted molar refractivity (Wildman–Crippen MR) is 26.5 cm³/mol. The first kappa shape index (κ1) is 35.4. The summed E-state index contributed by atoms with van der Waals surface area (Å²) in [5.74, 6) is 0. The molecule has 0 aromatic heterocycles. The summed E-state index contributed by atoms with van der Waals surface area (Å²) >= 11 is 0. The van der Waals surface area contributed by atoms with Crippen LogP contribution in [0.3, 0.4) is 0 Å². The van der Waals surface area contributed by atoms with E-state index in [0.29, 0.717) is 0 Å². The molecule has 0 rings (SSSR count). The van der Waals surface area contributed by atoms with Gasteiger partial charge >= 0.3 is 0 Å². The molecular formula is H4CuPbS2. The van der Waals surface area contributed by atoms with Crippen LogP contribution in [-0.4, -0.2) is 27.3 Å². The second-order valence-electron chi connectivity index (χ2n) is 0. The number of hydrogen-bond acceptors (Lipinski definition) is 0. The Balaban J connectivity index is 0. The van der Waals surface area contributed by atoms with Crippen molar-refractivity contribution in [1.29, 1.82) is 0 Å². The molecule has 0 aromatic carbocycles. The summed E-state index contributed by atoms with van der Waals surface area (Å²) in [6, 6.07) is 0. The fourth-order valence-corrected chi connectivity index (χ4v) is 0. The van der Waals surface area contributed by atoms with Crippen LogP contribution in [0, 0.1) is 0 Å². The fourth-order valence-electron chi connectivity index (χ4n) is 0. The van der Waals surface area contributed by atoms with Gasteiger partial charge in [-0.2, -0.15) is 27.0 Å². The molecule has 4 heavy (non-hydrogen) atoms. The minimum absolute atomic E-state index is 0. The molecule has 4 heteroatoms. The summed E-state index contributed by atoms with van der Waals surface area (Å²) in [7, 11) is 0. The van der Waals surface area contributed by atoms with Crippen molar-refractivity contribution in [2.45, 2.75) is 0 Å². The van der Waals surface area contributed by atoms with Crippen LogP contribution in [0.25, 0.3) is 0 Å². The molecule has 0 saturated heterocycles. The Hall–Kier alpha value is 2.14. The van der Waals surface area contributed by atoms with Crippen LogP contribution in [0.1, 0.15) is 0 Å². The van der Waals surface area contributed by atoms with E-state index in [1.165, 1.54) is 0 Å². The largest absolute Gasteiger partial charge is 0.197 e. The summed E-state index contributed by atoms with van der Waals surface area (Å²) in [5, 5.41) is 0. The first-order valence-electron chi connectivity index (χ1n) is 0. The van der Waals surface area contributed by atoms with Crippen LogP contribution in [0.4, 0.5) is 0 Å². The van der Waals surface area contributed by atoms with Gasteiger partial charge in [0.15, 0.2) is 0 Å². The monoisotopic (exact) mass is 339 g/mol. The van der Waals surface area contributed by atoms with E-state index in [4.69, 9.17) is 0 Å². The van der Waals surface area contributed by atoms with Crippen LogP contribution in [-0.2, 0) is 17.1 Å². The van der Waals surface area contributed by atoms with Crippen LogP contribution in [0.5, 0.6) is 0 Å². The van der Waals surface area contributed by atoms with Gasteiger partial charge in [0.1, 0.15) is 0 Å². The van der Waals surface area contributed by atoms with Gasteiger partial charge in [0.05, 0.1) is 0 Å². The average molecular weight is 339 g/mol. The summed E-state index contributed by atoms with van der Waals surface area (Å²) in [4.78, 5) is 0. The maximum absolute atomic E-state index is 0. The van der Waals surface area contributed by atoms with E-state index in [2.05, 4.69) is 0 Å². The molecule has 0 fully saturated rings. The zero-order chi connectivity index (χ0) is 0. The van der Waals surface area contributed by atoms with Crippen molar-refractivity contribution in [3.8, 4) is 0 Å². The third-order valence-electron chi connectivity index (χ3n) is 0. The van der Waals surface area contributed by atoms with Gasteiger partial charge in [-0.3, -0.25) is 0 Å². The molecule has 0 unspecified atom stereocenters. The van der Waals surface area contributed by atoms with E-state index in [9.17, 15) is 0 Å². The van der Waals surface area contributed by atoms with Crippen molar-refractivity contribution < 1.29 is 17.1 Å². The smallest absolute Gasteiger partial charge is 0 e. The summed E-state index contributed by atoms with van der Waals surface area (Å²) in [6.07, 6.45) is 0. The maximum atomic E-state index is 0. The second kappa shape index (κ2) is 19.2. The summed E-state index contributed by atoms with van der Waals surface area (Å²) < 4.78 is 0. The molecule has 5 radical (unpaired) electrons. The number of rotatable bonds is 0. The van der Waals surface area contributed by atoms with Crippen molar-refractivity contribution in [3.63, 3.8) is 0 Å². The maximum Gasteiger partial charge on any atom is 0 e. The SMILES string of the molecule is S.S.[Cu].[Pb]. The zero-order valence-electron chi connectivity index (χ0n) is 1.80. The third kappa shape index (κ3) is 8.91. The van der Waals surface area contributed by atoms with Gasteiger partial charge in [-0.1, -0.05) is 0 Å². The van der Waals surface area contributed by atoms with Gasteiger partial charge in [0.2, 0.25) is 0 Å². The first-order chi connectivity index (χ1) is 0. The molecule has 0 bridgehead atoms. The Bertz CT molecular complexity index is 6.00. The summed E-state index contributed by atoms with van der Waals surface area (Å²) in [6.45, 7) is 0. The molecule has 31 valence electrons. The van der Waals surface area contributed by atoms with Gasteiger partial charge in [-0.25, -0.2) is 0 Å². The molecule has 0 heterocycles. The van der Waals surface area contributed by atoms with Gasteiger partial charge in [0, 0.05) is 44.4 Å². The molecule has 0 aliphatic rings. The van der Waals surface area contributed by atoms with Crippen LogP contribution in [0.15, 0.2) is 0 Å². The molecule has 0 N–H and O–H groups in total. The molecule has 0 amide bonds. The minimum Gasteiger partial charge on any atom is -0.197 e. The molecular weight excluding hydrogens is 335 g/mol. The fraction of sp³-hybridized carbons (Fsp3) is 0. The molecule has 0 saturated carbocycles. The standard InChI is InChI=1S/Cu.Pb.2H2S/h;;2*1H2. The van der Waals surface area contributed by atoms with Crippen molar-refractivity contribution in [2.75, 3.05) is 0 Å². The summed E-state index contributed by atoms with van der Waals surface area (Å²) in [5.41, 5.74) is 0. The van der Waals surface area contributed by atoms with E-state index in [0.717, 1.165) is 0 Å². The Kier molecular flexibility index (Phi) is 170. The van der Waals surface area contributed by atoms with Gasteiger partial charge in [0.25, 0.3) is 0 Å². The number of hydrogen-bond donors (Lipinski definition) is 0. The van der Waals surface area contributed by atoms with E-state index in [-0.39, 0.29) is 71.4 Å².